The van der Waals surface area contributed by atoms with E-state index in [2.05, 4.69) is 17.6 Å². The van der Waals surface area contributed by atoms with Crippen molar-refractivity contribution in [3.05, 3.63) is 58.1 Å². The summed E-state index contributed by atoms with van der Waals surface area (Å²) in [5.74, 6) is -1.02. The summed E-state index contributed by atoms with van der Waals surface area (Å²) in [5.41, 5.74) is 1.34. The smallest absolute Gasteiger partial charge is 0.339 e. The van der Waals surface area contributed by atoms with Gasteiger partial charge in [-0.3, -0.25) is 19.7 Å². The van der Waals surface area contributed by atoms with E-state index in [0.717, 1.165) is 25.9 Å². The zero-order chi connectivity index (χ0) is 24.8. The van der Waals surface area contributed by atoms with Crippen LogP contribution < -0.4 is 15.5 Å². The van der Waals surface area contributed by atoms with E-state index in [1.807, 2.05) is 4.90 Å². The number of amides is 2. The van der Waals surface area contributed by atoms with Crippen LogP contribution in [-0.2, 0) is 14.3 Å². The molecule has 3 rings (SSSR count). The van der Waals surface area contributed by atoms with Gasteiger partial charge in [0.25, 0.3) is 11.6 Å². The number of nitro groups is 1. The number of piperidine rings is 1. The number of nitro benzene ring substituents is 1. The van der Waals surface area contributed by atoms with E-state index in [-0.39, 0.29) is 17.2 Å². The number of carbonyl (C=O) groups is 3. The van der Waals surface area contributed by atoms with E-state index in [0.29, 0.717) is 23.0 Å². The summed E-state index contributed by atoms with van der Waals surface area (Å²) in [5, 5.41) is 16.9. The van der Waals surface area contributed by atoms with E-state index in [4.69, 9.17) is 4.74 Å². The van der Waals surface area contributed by atoms with Crippen molar-refractivity contribution in [1.29, 1.82) is 0 Å². The molecule has 0 spiro atoms. The molecule has 1 aliphatic heterocycles. The number of esters is 1. The maximum Gasteiger partial charge on any atom is 0.339 e. The van der Waals surface area contributed by atoms with Crippen LogP contribution >= 0.6 is 0 Å². The molecule has 0 bridgehead atoms. The van der Waals surface area contributed by atoms with Gasteiger partial charge in [-0.15, -0.1) is 0 Å². The molecule has 10 heteroatoms. The highest BCUT2D eigenvalue weighted by atomic mass is 16.6. The summed E-state index contributed by atoms with van der Waals surface area (Å²) in [4.78, 5) is 49.2. The average Bonchev–Trinajstić information content (AvgIpc) is 2.80. The second-order valence-corrected chi connectivity index (χ2v) is 8.43. The van der Waals surface area contributed by atoms with Crippen molar-refractivity contribution in [2.24, 2.45) is 5.92 Å². The van der Waals surface area contributed by atoms with Crippen LogP contribution in [0.25, 0.3) is 0 Å². The van der Waals surface area contributed by atoms with Crippen LogP contribution in [0.1, 0.15) is 44.0 Å². The predicted octanol–water partition coefficient (Wildman–Crippen LogP) is 3.97. The molecule has 1 fully saturated rings. The van der Waals surface area contributed by atoms with Crippen LogP contribution in [0.15, 0.2) is 42.5 Å². The largest absolute Gasteiger partial charge is 0.449 e. The Bertz CT molecular complexity index is 1080. The number of rotatable bonds is 7. The third-order valence-electron chi connectivity index (χ3n) is 5.66. The maximum absolute atomic E-state index is 12.6. The summed E-state index contributed by atoms with van der Waals surface area (Å²) in [7, 11) is 0. The SMILES string of the molecule is CC(=O)Nc1ccc(NC(=O)C(C)OC(=O)c2ccc(N3CCC(C)CC3)c([N+](=O)[O-])c2)cc1. The topological polar surface area (TPSA) is 131 Å². The van der Waals surface area contributed by atoms with Gasteiger partial charge in [0, 0.05) is 37.5 Å². The number of nitrogens with one attached hydrogen (secondary N) is 2. The number of ether oxygens (including phenoxy) is 1. The summed E-state index contributed by atoms with van der Waals surface area (Å²) in [6, 6.07) is 10.7. The number of hydrogen-bond donors (Lipinski definition) is 2. The molecule has 2 N–H and O–H groups in total. The summed E-state index contributed by atoms with van der Waals surface area (Å²) < 4.78 is 5.24. The minimum atomic E-state index is -1.13. The number of hydrogen-bond acceptors (Lipinski definition) is 7. The van der Waals surface area contributed by atoms with Crippen molar-refractivity contribution in [2.45, 2.75) is 39.7 Å². The average molecular weight is 469 g/mol. The first-order valence-corrected chi connectivity index (χ1v) is 11.1. The molecular weight excluding hydrogens is 440 g/mol. The molecule has 1 heterocycles. The van der Waals surface area contributed by atoms with Crippen LogP contribution in [-0.4, -0.2) is 41.9 Å². The van der Waals surface area contributed by atoms with Crippen LogP contribution in [0.3, 0.4) is 0 Å². The fourth-order valence-electron chi connectivity index (χ4n) is 3.68. The second kappa shape index (κ2) is 10.8. The molecule has 1 unspecified atom stereocenters. The van der Waals surface area contributed by atoms with Gasteiger partial charge in [0.15, 0.2) is 6.10 Å². The van der Waals surface area contributed by atoms with E-state index < -0.39 is 22.9 Å². The lowest BCUT2D eigenvalue weighted by molar-refractivity contribution is -0.384. The van der Waals surface area contributed by atoms with Gasteiger partial charge in [-0.05, 0) is 62.1 Å². The number of benzene rings is 2. The Morgan fingerprint density at radius 2 is 1.65 bits per heavy atom. The first kappa shape index (κ1) is 24.7. The number of nitrogens with zero attached hydrogens (tertiary/aromatic N) is 2. The Kier molecular flexibility index (Phi) is 7.83. The molecular formula is C24H28N4O6. The Morgan fingerprint density at radius 3 is 2.21 bits per heavy atom. The van der Waals surface area contributed by atoms with Gasteiger partial charge in [0.05, 0.1) is 10.5 Å². The van der Waals surface area contributed by atoms with E-state index >= 15 is 0 Å². The van der Waals surface area contributed by atoms with Crippen molar-refractivity contribution >= 4 is 40.5 Å². The molecule has 2 aromatic carbocycles. The molecule has 34 heavy (non-hydrogen) atoms. The van der Waals surface area contributed by atoms with Gasteiger partial charge in [-0.1, -0.05) is 6.92 Å². The van der Waals surface area contributed by atoms with Crippen molar-refractivity contribution in [2.75, 3.05) is 28.6 Å². The quantitative estimate of drug-likeness (QED) is 0.357. The fourth-order valence-corrected chi connectivity index (χ4v) is 3.68. The Balaban J connectivity index is 1.64. The highest BCUT2D eigenvalue weighted by Gasteiger charge is 2.26. The number of anilines is 3. The predicted molar refractivity (Wildman–Crippen MR) is 128 cm³/mol. The van der Waals surface area contributed by atoms with Gasteiger partial charge in [-0.2, -0.15) is 0 Å². The van der Waals surface area contributed by atoms with Crippen molar-refractivity contribution in [3.8, 4) is 0 Å². The third-order valence-corrected chi connectivity index (χ3v) is 5.66. The minimum Gasteiger partial charge on any atom is -0.449 e. The second-order valence-electron chi connectivity index (χ2n) is 8.43. The fraction of sp³-hybridized carbons (Fsp3) is 0.375. The molecule has 1 atom stereocenters. The van der Waals surface area contributed by atoms with E-state index in [9.17, 15) is 24.5 Å². The lowest BCUT2D eigenvalue weighted by Gasteiger charge is -2.31. The highest BCUT2D eigenvalue weighted by molar-refractivity contribution is 5.98. The standard InChI is InChI=1S/C24H28N4O6/c1-15-10-12-27(13-11-15)21-9-4-18(14-22(21)28(32)33)24(31)34-16(2)23(30)26-20-7-5-19(6-8-20)25-17(3)29/h4-9,14-16H,10-13H2,1-3H3,(H,25,29)(H,26,30). The molecule has 2 amide bonds. The third kappa shape index (κ3) is 6.31. The molecule has 0 aliphatic carbocycles. The van der Waals surface area contributed by atoms with Gasteiger partial charge in [0.2, 0.25) is 5.91 Å². The van der Waals surface area contributed by atoms with Crippen molar-refractivity contribution in [1.82, 2.24) is 0 Å². The molecule has 0 saturated carbocycles. The molecule has 10 nitrogen and oxygen atoms in total. The Hall–Kier alpha value is -3.95. The Labute approximate surface area is 197 Å². The van der Waals surface area contributed by atoms with Gasteiger partial charge >= 0.3 is 5.97 Å². The molecule has 0 radical (unpaired) electrons. The van der Waals surface area contributed by atoms with Gasteiger partial charge in [-0.25, -0.2) is 4.79 Å². The summed E-state index contributed by atoms with van der Waals surface area (Å²) in [6.07, 6.45) is 0.762. The van der Waals surface area contributed by atoms with Gasteiger partial charge < -0.3 is 20.3 Å². The maximum atomic E-state index is 12.6. The lowest BCUT2D eigenvalue weighted by Crippen LogP contribution is -2.33. The summed E-state index contributed by atoms with van der Waals surface area (Å²) >= 11 is 0. The van der Waals surface area contributed by atoms with E-state index in [1.54, 1.807) is 30.3 Å². The molecule has 1 saturated heterocycles. The molecule has 2 aromatic rings. The zero-order valence-corrected chi connectivity index (χ0v) is 19.4. The van der Waals surface area contributed by atoms with Crippen LogP contribution in [0.2, 0.25) is 0 Å². The first-order valence-electron chi connectivity index (χ1n) is 11.1. The van der Waals surface area contributed by atoms with Crippen LogP contribution in [0.5, 0.6) is 0 Å². The van der Waals surface area contributed by atoms with Crippen molar-refractivity contribution in [3.63, 3.8) is 0 Å². The number of carbonyl (C=O) groups excluding carboxylic acids is 3. The van der Waals surface area contributed by atoms with Crippen LogP contribution in [0.4, 0.5) is 22.7 Å². The monoisotopic (exact) mass is 468 g/mol. The van der Waals surface area contributed by atoms with Gasteiger partial charge in [0.1, 0.15) is 5.69 Å². The highest BCUT2D eigenvalue weighted by Crippen LogP contribution is 2.32. The molecule has 180 valence electrons. The summed E-state index contributed by atoms with van der Waals surface area (Å²) in [6.45, 7) is 6.39. The lowest BCUT2D eigenvalue weighted by atomic mass is 9.98. The molecule has 1 aliphatic rings. The Morgan fingerprint density at radius 1 is 1.06 bits per heavy atom. The van der Waals surface area contributed by atoms with Crippen LogP contribution in [0, 0.1) is 16.0 Å². The van der Waals surface area contributed by atoms with E-state index in [1.165, 1.54) is 26.0 Å². The van der Waals surface area contributed by atoms with Crippen molar-refractivity contribution < 1.29 is 24.0 Å². The molecule has 0 aromatic heterocycles. The first-order chi connectivity index (χ1) is 16.1. The zero-order valence-electron chi connectivity index (χ0n) is 19.4. The normalized spacial score (nSPS) is 14.7. The minimum absolute atomic E-state index is 0.000127.